The second kappa shape index (κ2) is 5.49. The Labute approximate surface area is 123 Å². The molecule has 0 saturated heterocycles. The second-order valence-corrected chi connectivity index (χ2v) is 8.38. The summed E-state index contributed by atoms with van der Waals surface area (Å²) in [7, 11) is -4.22. The van der Waals surface area contributed by atoms with Crippen LogP contribution in [0.5, 0.6) is 0 Å². The minimum absolute atomic E-state index is 0.0340. The van der Waals surface area contributed by atoms with Crippen LogP contribution in [0.25, 0.3) is 0 Å². The van der Waals surface area contributed by atoms with Crippen molar-refractivity contribution in [2.24, 2.45) is 0 Å². The third kappa shape index (κ3) is 3.61. The van der Waals surface area contributed by atoms with Crippen molar-refractivity contribution >= 4 is 10.1 Å². The van der Waals surface area contributed by atoms with Crippen molar-refractivity contribution in [2.75, 3.05) is 0 Å². The average Bonchev–Trinajstić information content (AvgIpc) is 2.24. The summed E-state index contributed by atoms with van der Waals surface area (Å²) in [4.78, 5) is 0.0931. The lowest BCUT2D eigenvalue weighted by molar-refractivity contribution is 0.478. The van der Waals surface area contributed by atoms with E-state index in [9.17, 15) is 13.0 Å². The van der Waals surface area contributed by atoms with Gasteiger partial charge < -0.3 is 0 Å². The Morgan fingerprint density at radius 1 is 0.950 bits per heavy atom. The monoisotopic (exact) mass is 298 g/mol. The molecule has 0 bridgehead atoms. The van der Waals surface area contributed by atoms with E-state index in [0.717, 1.165) is 5.56 Å². The van der Waals surface area contributed by atoms with Crippen LogP contribution in [-0.2, 0) is 15.5 Å². The molecule has 1 aromatic rings. The molecule has 0 fully saturated rings. The summed E-state index contributed by atoms with van der Waals surface area (Å²) >= 11 is 0. The molecule has 0 amide bonds. The highest BCUT2D eigenvalue weighted by atomic mass is 32.2. The summed E-state index contributed by atoms with van der Waals surface area (Å²) in [5.74, 6) is 0.0680. The zero-order chi connectivity index (χ0) is 15.9. The van der Waals surface area contributed by atoms with Crippen LogP contribution in [0.3, 0.4) is 0 Å². The van der Waals surface area contributed by atoms with Crippen LogP contribution in [0, 0.1) is 0 Å². The van der Waals surface area contributed by atoms with Gasteiger partial charge in [0.2, 0.25) is 0 Å². The summed E-state index contributed by atoms with van der Waals surface area (Å²) in [5.41, 5.74) is 2.43. The molecule has 0 aliphatic heterocycles. The topological polar surface area (TPSA) is 54.4 Å². The molecule has 1 N–H and O–H groups in total. The average molecular weight is 298 g/mol. The molecule has 0 radical (unpaired) electrons. The lowest BCUT2D eigenvalue weighted by Crippen LogP contribution is -2.16. The van der Waals surface area contributed by atoms with Crippen molar-refractivity contribution in [2.45, 2.75) is 70.6 Å². The van der Waals surface area contributed by atoms with E-state index in [-0.39, 0.29) is 22.1 Å². The van der Waals surface area contributed by atoms with Crippen LogP contribution in [0.1, 0.15) is 77.0 Å². The van der Waals surface area contributed by atoms with Crippen LogP contribution in [0.2, 0.25) is 0 Å². The van der Waals surface area contributed by atoms with Gasteiger partial charge in [0, 0.05) is 0 Å². The van der Waals surface area contributed by atoms with Gasteiger partial charge in [-0.05, 0) is 33.9 Å². The van der Waals surface area contributed by atoms with Gasteiger partial charge in [0.1, 0.15) is 4.90 Å². The largest absolute Gasteiger partial charge is 0.295 e. The van der Waals surface area contributed by atoms with Crippen molar-refractivity contribution in [3.05, 3.63) is 28.8 Å². The van der Waals surface area contributed by atoms with Gasteiger partial charge in [-0.3, -0.25) is 4.55 Å². The number of rotatable bonds is 3. The minimum Gasteiger partial charge on any atom is -0.282 e. The van der Waals surface area contributed by atoms with E-state index in [2.05, 4.69) is 20.8 Å². The number of hydrogen-bond donors (Lipinski definition) is 1. The molecule has 0 spiro atoms. The van der Waals surface area contributed by atoms with Crippen LogP contribution < -0.4 is 0 Å². The third-order valence-corrected chi connectivity index (χ3v) is 4.50. The fraction of sp³-hybridized carbons (Fsp3) is 0.625. The van der Waals surface area contributed by atoms with Gasteiger partial charge in [-0.15, -0.1) is 0 Å². The quantitative estimate of drug-likeness (QED) is 0.837. The molecule has 0 heterocycles. The molecule has 0 aliphatic carbocycles. The van der Waals surface area contributed by atoms with E-state index in [1.807, 2.05) is 39.8 Å². The maximum Gasteiger partial charge on any atom is 0.295 e. The van der Waals surface area contributed by atoms with Crippen molar-refractivity contribution in [3.8, 4) is 0 Å². The fourth-order valence-electron chi connectivity index (χ4n) is 2.26. The van der Waals surface area contributed by atoms with Crippen LogP contribution in [-0.4, -0.2) is 13.0 Å². The Hall–Kier alpha value is -0.870. The summed E-state index contributed by atoms with van der Waals surface area (Å²) in [6.45, 7) is 14.1. The van der Waals surface area contributed by atoms with Crippen molar-refractivity contribution in [3.63, 3.8) is 0 Å². The maximum atomic E-state index is 11.8. The first-order chi connectivity index (χ1) is 8.85. The van der Waals surface area contributed by atoms with E-state index >= 15 is 0 Å². The molecular formula is C16H26O3S. The van der Waals surface area contributed by atoms with Crippen LogP contribution >= 0.6 is 0 Å². The van der Waals surface area contributed by atoms with E-state index in [4.69, 9.17) is 0 Å². The van der Waals surface area contributed by atoms with Gasteiger partial charge in [-0.1, -0.05) is 60.6 Å². The SMILES string of the molecule is CC(C)c1cc(C(C)(C)C)cc(C(C)C)c1S(=O)(=O)O. The van der Waals surface area contributed by atoms with Crippen molar-refractivity contribution in [1.82, 2.24) is 0 Å². The highest BCUT2D eigenvalue weighted by Gasteiger charge is 2.27. The van der Waals surface area contributed by atoms with Crippen LogP contribution in [0.4, 0.5) is 0 Å². The van der Waals surface area contributed by atoms with Gasteiger partial charge >= 0.3 is 0 Å². The summed E-state index contributed by atoms with van der Waals surface area (Å²) in [5, 5.41) is 0. The molecule has 4 heteroatoms. The Balaban J connectivity index is 3.83. The highest BCUT2D eigenvalue weighted by molar-refractivity contribution is 7.86. The zero-order valence-electron chi connectivity index (χ0n) is 13.5. The molecule has 3 nitrogen and oxygen atoms in total. The Kier molecular flexibility index (Phi) is 4.72. The minimum atomic E-state index is -4.22. The molecule has 0 unspecified atom stereocenters. The molecular weight excluding hydrogens is 272 g/mol. The predicted octanol–water partition coefficient (Wildman–Crippen LogP) is 4.48. The van der Waals surface area contributed by atoms with Gasteiger partial charge in [0.25, 0.3) is 10.1 Å². The molecule has 114 valence electrons. The second-order valence-electron chi connectivity index (χ2n) is 7.02. The molecule has 1 rings (SSSR count). The molecule has 1 aromatic carbocycles. The smallest absolute Gasteiger partial charge is 0.282 e. The lowest BCUT2D eigenvalue weighted by Gasteiger charge is -2.25. The van der Waals surface area contributed by atoms with Crippen molar-refractivity contribution in [1.29, 1.82) is 0 Å². The molecule has 0 aliphatic rings. The molecule has 0 atom stereocenters. The first kappa shape index (κ1) is 17.2. The first-order valence-electron chi connectivity index (χ1n) is 7.01. The summed E-state index contributed by atoms with van der Waals surface area (Å²) < 4.78 is 33.2. The summed E-state index contributed by atoms with van der Waals surface area (Å²) in [6.07, 6.45) is 0. The van der Waals surface area contributed by atoms with Crippen LogP contribution in [0.15, 0.2) is 17.0 Å². The Morgan fingerprint density at radius 2 is 1.30 bits per heavy atom. The first-order valence-corrected chi connectivity index (χ1v) is 8.45. The normalized spacial score (nSPS) is 13.3. The van der Waals surface area contributed by atoms with E-state index < -0.39 is 10.1 Å². The van der Waals surface area contributed by atoms with Gasteiger partial charge in [0.05, 0.1) is 0 Å². The van der Waals surface area contributed by atoms with Crippen molar-refractivity contribution < 1.29 is 13.0 Å². The predicted molar refractivity (Wildman–Crippen MR) is 83.1 cm³/mol. The maximum absolute atomic E-state index is 11.8. The lowest BCUT2D eigenvalue weighted by atomic mass is 9.82. The molecule has 0 saturated carbocycles. The van der Waals surface area contributed by atoms with E-state index in [1.165, 1.54) is 0 Å². The van der Waals surface area contributed by atoms with E-state index in [1.54, 1.807) is 0 Å². The molecule has 20 heavy (non-hydrogen) atoms. The van der Waals surface area contributed by atoms with Gasteiger partial charge in [0.15, 0.2) is 0 Å². The fourth-order valence-corrected chi connectivity index (χ4v) is 3.45. The number of benzene rings is 1. The van der Waals surface area contributed by atoms with E-state index in [0.29, 0.717) is 11.1 Å². The Bertz CT molecular complexity index is 562. The number of hydrogen-bond acceptors (Lipinski definition) is 2. The van der Waals surface area contributed by atoms with Gasteiger partial charge in [-0.2, -0.15) is 8.42 Å². The standard InChI is InChI=1S/C16H26O3S/c1-10(2)13-8-12(16(5,6)7)9-14(11(3)4)15(13)20(17,18)19/h8-11H,1-7H3,(H,17,18,19). The highest BCUT2D eigenvalue weighted by Crippen LogP contribution is 2.36. The zero-order valence-corrected chi connectivity index (χ0v) is 14.3. The summed E-state index contributed by atoms with van der Waals surface area (Å²) in [6, 6.07) is 3.83. The Morgan fingerprint density at radius 3 is 1.50 bits per heavy atom. The molecule has 0 aromatic heterocycles. The van der Waals surface area contributed by atoms with Gasteiger partial charge in [-0.25, -0.2) is 0 Å². The third-order valence-electron chi connectivity index (χ3n) is 3.51.